The normalized spacial score (nSPS) is 32.8. The molecule has 1 fully saturated rings. The first-order chi connectivity index (χ1) is 16.0. The summed E-state index contributed by atoms with van der Waals surface area (Å²) in [5, 5.41) is 9.17. The lowest BCUT2D eigenvalue weighted by atomic mass is 9.54. The fourth-order valence-corrected chi connectivity index (χ4v) is 6.72. The number of aliphatic hydroxyl groups excluding tert-OH is 1. The van der Waals surface area contributed by atoms with Crippen LogP contribution in [0.5, 0.6) is 0 Å². The molecule has 0 aromatic carbocycles. The van der Waals surface area contributed by atoms with Crippen molar-refractivity contribution >= 4 is 23.5 Å². The first-order valence-corrected chi connectivity index (χ1v) is 12.2. The van der Waals surface area contributed by atoms with Crippen molar-refractivity contribution in [2.24, 2.45) is 22.7 Å². The smallest absolute Gasteiger partial charge is 0.344 e. The molecule has 7 heteroatoms. The number of Topliss-reactive ketones (excluding diaryl/α,β-unsaturated/α-hetero) is 1. The van der Waals surface area contributed by atoms with E-state index in [0.717, 1.165) is 38.5 Å². The Labute approximate surface area is 200 Å². The Morgan fingerprint density at radius 3 is 2.56 bits per heavy atom. The summed E-state index contributed by atoms with van der Waals surface area (Å²) in [6.45, 7) is 4.98. The van der Waals surface area contributed by atoms with Crippen LogP contribution in [0.1, 0.15) is 65.7 Å². The molecular formula is C27H34O7. The maximum atomic E-state index is 13.1. The van der Waals surface area contributed by atoms with Gasteiger partial charge in [0.05, 0.1) is 12.5 Å². The third-order valence-electron chi connectivity index (χ3n) is 8.49. The average Bonchev–Trinajstić information content (AvgIpc) is 3.13. The molecule has 4 aliphatic rings. The Kier molecular flexibility index (Phi) is 6.69. The van der Waals surface area contributed by atoms with Crippen molar-refractivity contribution in [2.75, 3.05) is 13.2 Å². The molecule has 1 N–H and O–H groups in total. The first-order valence-electron chi connectivity index (χ1n) is 12.2. The molecular weight excluding hydrogens is 436 g/mol. The molecule has 4 aliphatic carbocycles. The van der Waals surface area contributed by atoms with Gasteiger partial charge in [-0.15, -0.1) is 0 Å². The molecule has 4 rings (SSSR count). The molecule has 0 aromatic heterocycles. The number of carbonyl (C=O) groups excluding carboxylic acids is 4. The Balaban J connectivity index is 1.40. The molecule has 7 nitrogen and oxygen atoms in total. The highest BCUT2D eigenvalue weighted by atomic mass is 16.6. The van der Waals surface area contributed by atoms with E-state index in [1.807, 2.05) is 0 Å². The minimum absolute atomic E-state index is 0.0657. The molecule has 184 valence electrons. The lowest BCUT2D eigenvalue weighted by Crippen LogP contribution is -2.42. The van der Waals surface area contributed by atoms with Crippen LogP contribution in [0.3, 0.4) is 0 Å². The van der Waals surface area contributed by atoms with Crippen LogP contribution in [-0.2, 0) is 28.7 Å². The molecule has 0 aliphatic heterocycles. The molecule has 0 bridgehead atoms. The van der Waals surface area contributed by atoms with Crippen molar-refractivity contribution in [3.05, 3.63) is 34.9 Å². The van der Waals surface area contributed by atoms with Crippen LogP contribution in [0.25, 0.3) is 0 Å². The third kappa shape index (κ3) is 4.42. The van der Waals surface area contributed by atoms with Crippen LogP contribution in [0.15, 0.2) is 34.9 Å². The van der Waals surface area contributed by atoms with Crippen molar-refractivity contribution in [1.29, 1.82) is 0 Å². The number of hydrogen-bond donors (Lipinski definition) is 1. The van der Waals surface area contributed by atoms with Gasteiger partial charge in [0.2, 0.25) is 0 Å². The Morgan fingerprint density at radius 2 is 1.82 bits per heavy atom. The van der Waals surface area contributed by atoms with E-state index in [4.69, 9.17) is 9.47 Å². The summed E-state index contributed by atoms with van der Waals surface area (Å²) in [5.41, 5.74) is 3.73. The van der Waals surface area contributed by atoms with Crippen molar-refractivity contribution < 1.29 is 33.8 Å². The Morgan fingerprint density at radius 1 is 1.09 bits per heavy atom. The van der Waals surface area contributed by atoms with E-state index in [2.05, 4.69) is 19.9 Å². The number of carbonyl (C=O) groups is 4. The predicted octanol–water partition coefficient (Wildman–Crippen LogP) is 3.40. The zero-order valence-electron chi connectivity index (χ0n) is 20.2. The molecule has 1 unspecified atom stereocenters. The zero-order valence-corrected chi connectivity index (χ0v) is 20.2. The summed E-state index contributed by atoms with van der Waals surface area (Å²) in [6.07, 6.45) is 9.81. The van der Waals surface area contributed by atoms with E-state index in [0.29, 0.717) is 5.92 Å². The van der Waals surface area contributed by atoms with Gasteiger partial charge in [0.15, 0.2) is 18.2 Å². The number of fused-ring (bicyclic) bond motifs is 4. The van der Waals surface area contributed by atoms with Crippen LogP contribution >= 0.6 is 0 Å². The number of ketones is 2. The Hall–Kier alpha value is -2.54. The molecule has 0 heterocycles. The van der Waals surface area contributed by atoms with Crippen LogP contribution in [0.2, 0.25) is 0 Å². The van der Waals surface area contributed by atoms with Crippen LogP contribution in [0.4, 0.5) is 0 Å². The average molecular weight is 471 g/mol. The van der Waals surface area contributed by atoms with E-state index in [9.17, 15) is 24.3 Å². The van der Waals surface area contributed by atoms with Gasteiger partial charge in [0.25, 0.3) is 0 Å². The predicted molar refractivity (Wildman–Crippen MR) is 123 cm³/mol. The molecule has 0 amide bonds. The molecule has 5 atom stereocenters. The van der Waals surface area contributed by atoms with Crippen molar-refractivity contribution in [3.63, 3.8) is 0 Å². The maximum Gasteiger partial charge on any atom is 0.344 e. The van der Waals surface area contributed by atoms with Gasteiger partial charge < -0.3 is 14.6 Å². The molecule has 1 saturated carbocycles. The van der Waals surface area contributed by atoms with Gasteiger partial charge in [-0.2, -0.15) is 0 Å². The van der Waals surface area contributed by atoms with Gasteiger partial charge in [-0.3, -0.25) is 14.4 Å². The van der Waals surface area contributed by atoms with Gasteiger partial charge in [-0.05, 0) is 75.9 Å². The number of rotatable bonds is 7. The van der Waals surface area contributed by atoms with Crippen molar-refractivity contribution in [3.8, 4) is 0 Å². The van der Waals surface area contributed by atoms with Gasteiger partial charge >= 0.3 is 11.9 Å². The summed E-state index contributed by atoms with van der Waals surface area (Å²) in [6, 6.07) is 0. The number of allylic oxidation sites excluding steroid dienone is 6. The maximum absolute atomic E-state index is 13.1. The standard InChI is InChI=1S/C27H34O7/c1-16(28)12-24(31)34-15-25(32)33-14-23(30)22-7-6-20-19-5-4-17-13-18(29)8-10-26(17,2)21(19)9-11-27(20,22)3/h8,10,13,16,20,22,28H,4-7,9,11-12,14-15H2,1-3H3/t16?,20-,22+,26-,27-/m0/s1. The molecule has 0 saturated heterocycles. The number of hydrogen-bond acceptors (Lipinski definition) is 7. The quantitative estimate of drug-likeness (QED) is 0.449. The topological polar surface area (TPSA) is 107 Å². The van der Waals surface area contributed by atoms with E-state index >= 15 is 0 Å². The van der Waals surface area contributed by atoms with Gasteiger partial charge in [0, 0.05) is 11.3 Å². The highest BCUT2D eigenvalue weighted by Crippen LogP contribution is 2.63. The SMILES string of the molecule is CC(O)CC(=O)OCC(=O)OCC(=O)[C@H]1CC[C@H]2C3=C(CC[C@]12C)[C@@]1(C)C=CC(=O)C=C1CC3. The zero-order chi connectivity index (χ0) is 24.7. The minimum Gasteiger partial charge on any atom is -0.455 e. The number of ether oxygens (including phenoxy) is 2. The fraction of sp³-hybridized carbons (Fsp3) is 0.630. The summed E-state index contributed by atoms with van der Waals surface area (Å²) in [4.78, 5) is 48.4. The molecule has 0 spiro atoms. The van der Waals surface area contributed by atoms with Gasteiger partial charge in [-0.1, -0.05) is 29.7 Å². The van der Waals surface area contributed by atoms with Crippen LogP contribution < -0.4 is 0 Å². The lowest BCUT2D eigenvalue weighted by Gasteiger charge is -2.49. The summed E-state index contributed by atoms with van der Waals surface area (Å²) < 4.78 is 9.89. The third-order valence-corrected chi connectivity index (χ3v) is 8.49. The van der Waals surface area contributed by atoms with Crippen LogP contribution in [-0.4, -0.2) is 47.9 Å². The summed E-state index contributed by atoms with van der Waals surface area (Å²) in [5.74, 6) is -1.32. The minimum atomic E-state index is -0.849. The lowest BCUT2D eigenvalue weighted by molar-refractivity contribution is -0.161. The highest BCUT2D eigenvalue weighted by molar-refractivity contribution is 6.01. The largest absolute Gasteiger partial charge is 0.455 e. The highest BCUT2D eigenvalue weighted by Gasteiger charge is 2.55. The first kappa shape index (κ1) is 24.6. The van der Waals surface area contributed by atoms with Crippen LogP contribution in [0, 0.1) is 22.7 Å². The van der Waals surface area contributed by atoms with Gasteiger partial charge in [-0.25, -0.2) is 4.79 Å². The molecule has 0 radical (unpaired) electrons. The second-order valence-electron chi connectivity index (χ2n) is 10.6. The summed E-state index contributed by atoms with van der Waals surface area (Å²) in [7, 11) is 0. The summed E-state index contributed by atoms with van der Waals surface area (Å²) >= 11 is 0. The fourth-order valence-electron chi connectivity index (χ4n) is 6.72. The Bertz CT molecular complexity index is 1000. The van der Waals surface area contributed by atoms with E-state index in [-0.39, 0.29) is 41.3 Å². The monoisotopic (exact) mass is 470 g/mol. The second-order valence-corrected chi connectivity index (χ2v) is 10.6. The number of aliphatic hydroxyl groups is 1. The number of esters is 2. The second kappa shape index (κ2) is 9.25. The molecule has 34 heavy (non-hydrogen) atoms. The van der Waals surface area contributed by atoms with Crippen molar-refractivity contribution in [2.45, 2.75) is 71.8 Å². The van der Waals surface area contributed by atoms with Crippen molar-refractivity contribution in [1.82, 2.24) is 0 Å². The van der Waals surface area contributed by atoms with E-state index in [1.54, 1.807) is 12.2 Å². The van der Waals surface area contributed by atoms with Gasteiger partial charge in [0.1, 0.15) is 6.61 Å². The van der Waals surface area contributed by atoms with E-state index in [1.165, 1.54) is 23.6 Å². The molecule has 0 aromatic rings. The van der Waals surface area contributed by atoms with E-state index < -0.39 is 24.6 Å².